The molecule has 0 aliphatic heterocycles. The monoisotopic (exact) mass is 428 g/mol. The molecule has 0 heterocycles. The second-order valence-electron chi connectivity index (χ2n) is 6.58. The van der Waals surface area contributed by atoms with Crippen LogP contribution in [0, 0.1) is 0 Å². The van der Waals surface area contributed by atoms with E-state index in [1.54, 1.807) is 48.5 Å². The summed E-state index contributed by atoms with van der Waals surface area (Å²) < 4.78 is 29.9. The number of amidine groups is 1. The van der Waals surface area contributed by atoms with Gasteiger partial charge in [-0.15, -0.1) is 4.76 Å². The summed E-state index contributed by atoms with van der Waals surface area (Å²) >= 11 is 0. The van der Waals surface area contributed by atoms with E-state index in [1.807, 2.05) is 72.8 Å². The molecule has 0 saturated carbocycles. The van der Waals surface area contributed by atoms with E-state index in [4.69, 9.17) is 9.05 Å². The highest BCUT2D eigenvalue weighted by Gasteiger charge is 2.30. The smallest absolute Gasteiger partial charge is 0.399 e. The Hall–Kier alpha value is -3.82. The fraction of sp³-hybridized carbons (Fsp3) is 0. The van der Waals surface area contributed by atoms with Gasteiger partial charge in [-0.3, -0.25) is 0 Å². The molecule has 0 atom stereocenters. The topological polar surface area (TPSA) is 59.9 Å². The first kappa shape index (κ1) is 20.5. The minimum absolute atomic E-state index is 0.377. The van der Waals surface area contributed by atoms with Crippen LogP contribution in [0.5, 0.6) is 11.5 Å². The van der Waals surface area contributed by atoms with Gasteiger partial charge in [-0.1, -0.05) is 84.9 Å². The van der Waals surface area contributed by atoms with Crippen LogP contribution in [0.3, 0.4) is 0 Å². The van der Waals surface area contributed by atoms with E-state index in [0.29, 0.717) is 17.3 Å². The van der Waals surface area contributed by atoms with Crippen LogP contribution in [-0.2, 0) is 4.57 Å². The molecule has 4 aromatic rings. The van der Waals surface area contributed by atoms with Crippen LogP contribution < -0.4 is 14.4 Å². The minimum atomic E-state index is -4.00. The average molecular weight is 428 g/mol. The summed E-state index contributed by atoms with van der Waals surface area (Å²) in [4.78, 5) is 0. The molecular weight excluding hydrogens is 407 g/mol. The SMILES string of the molecule is O=P(/N=C(/Nc1ccccc1)c1ccccc1)(Oc1ccccc1)Oc1ccccc1. The van der Waals surface area contributed by atoms with Crippen molar-refractivity contribution in [1.82, 2.24) is 0 Å². The maximum atomic E-state index is 13.9. The van der Waals surface area contributed by atoms with Gasteiger partial charge in [0, 0.05) is 11.3 Å². The Bertz CT molecular complexity index is 1120. The number of benzene rings is 4. The number of rotatable bonds is 7. The normalized spacial score (nSPS) is 11.5. The van der Waals surface area contributed by atoms with Crippen molar-refractivity contribution in [1.29, 1.82) is 0 Å². The Kier molecular flexibility index (Phi) is 6.46. The number of nitrogens with one attached hydrogen (secondary N) is 1. The number of nitrogens with zero attached hydrogens (tertiary/aromatic N) is 1. The Labute approximate surface area is 181 Å². The Morgan fingerprint density at radius 2 is 1.03 bits per heavy atom. The van der Waals surface area contributed by atoms with Gasteiger partial charge in [0.05, 0.1) is 0 Å². The Morgan fingerprint density at radius 1 is 0.613 bits per heavy atom. The van der Waals surface area contributed by atoms with Crippen LogP contribution in [0.25, 0.3) is 0 Å². The first-order chi connectivity index (χ1) is 15.2. The van der Waals surface area contributed by atoms with Crippen LogP contribution >= 0.6 is 7.75 Å². The lowest BCUT2D eigenvalue weighted by molar-refractivity contribution is 0.388. The molecule has 0 radical (unpaired) electrons. The van der Waals surface area contributed by atoms with E-state index in [2.05, 4.69) is 10.1 Å². The first-order valence-electron chi connectivity index (χ1n) is 9.77. The zero-order chi connectivity index (χ0) is 21.4. The van der Waals surface area contributed by atoms with Crippen molar-refractivity contribution >= 4 is 19.3 Å². The standard InChI is InChI=1S/C25H21N2O3P/c28-31(29-23-17-9-3-10-18-23,30-24-19-11-4-12-20-24)27-25(21-13-5-1-6-14-21)26-22-15-7-2-8-16-22/h1-20H,(H,26,27,28). The van der Waals surface area contributed by atoms with Crippen LogP contribution in [0.1, 0.15) is 5.56 Å². The van der Waals surface area contributed by atoms with Gasteiger partial charge in [-0.2, -0.15) is 0 Å². The van der Waals surface area contributed by atoms with Gasteiger partial charge in [-0.05, 0) is 36.4 Å². The highest BCUT2D eigenvalue weighted by molar-refractivity contribution is 7.53. The summed E-state index contributed by atoms with van der Waals surface area (Å²) in [6.07, 6.45) is 0. The zero-order valence-corrected chi connectivity index (χ0v) is 17.6. The molecule has 4 rings (SSSR count). The molecule has 6 heteroatoms. The third kappa shape index (κ3) is 5.84. The van der Waals surface area contributed by atoms with Gasteiger partial charge in [0.2, 0.25) is 0 Å². The van der Waals surface area contributed by atoms with Gasteiger partial charge in [-0.25, -0.2) is 4.57 Å². The van der Waals surface area contributed by atoms with Crippen LogP contribution in [0.15, 0.2) is 126 Å². The second kappa shape index (κ2) is 9.79. The van der Waals surface area contributed by atoms with E-state index in [-0.39, 0.29) is 0 Å². The van der Waals surface area contributed by atoms with Crippen molar-refractivity contribution < 1.29 is 13.6 Å². The van der Waals surface area contributed by atoms with Crippen molar-refractivity contribution in [2.75, 3.05) is 5.32 Å². The molecule has 0 aliphatic rings. The van der Waals surface area contributed by atoms with Crippen molar-refractivity contribution in [2.45, 2.75) is 0 Å². The highest BCUT2D eigenvalue weighted by Crippen LogP contribution is 2.50. The molecule has 31 heavy (non-hydrogen) atoms. The van der Waals surface area contributed by atoms with Crippen molar-refractivity contribution in [2.24, 2.45) is 4.76 Å². The minimum Gasteiger partial charge on any atom is -0.399 e. The van der Waals surface area contributed by atoms with Crippen molar-refractivity contribution in [3.8, 4) is 11.5 Å². The summed E-state index contributed by atoms with van der Waals surface area (Å²) in [6, 6.07) is 36.7. The lowest BCUT2D eigenvalue weighted by Gasteiger charge is -2.18. The van der Waals surface area contributed by atoms with Crippen LogP contribution in [0.2, 0.25) is 0 Å². The van der Waals surface area contributed by atoms with Crippen LogP contribution in [0.4, 0.5) is 5.69 Å². The largest absolute Gasteiger partial charge is 0.565 e. The summed E-state index contributed by atoms with van der Waals surface area (Å²) in [6.45, 7) is 0. The Balaban J connectivity index is 1.76. The number of anilines is 1. The molecule has 0 bridgehead atoms. The van der Waals surface area contributed by atoms with Gasteiger partial charge >= 0.3 is 7.75 Å². The van der Waals surface area contributed by atoms with Crippen molar-refractivity contribution in [3.05, 3.63) is 127 Å². The molecule has 0 aromatic heterocycles. The van der Waals surface area contributed by atoms with Gasteiger partial charge in [0.1, 0.15) is 17.3 Å². The zero-order valence-electron chi connectivity index (χ0n) is 16.7. The Morgan fingerprint density at radius 3 is 1.52 bits per heavy atom. The molecule has 0 saturated heterocycles. The van der Waals surface area contributed by atoms with Crippen molar-refractivity contribution in [3.63, 3.8) is 0 Å². The molecular formula is C25H21N2O3P. The van der Waals surface area contributed by atoms with Gasteiger partial charge in [0.25, 0.3) is 0 Å². The molecule has 5 nitrogen and oxygen atoms in total. The number of hydrogen-bond acceptors (Lipinski definition) is 3. The lowest BCUT2D eigenvalue weighted by atomic mass is 10.2. The number of hydrogen-bond donors (Lipinski definition) is 1. The predicted octanol–water partition coefficient (Wildman–Crippen LogP) is 6.81. The molecule has 0 aliphatic carbocycles. The molecule has 0 amide bonds. The molecule has 1 N–H and O–H groups in total. The van der Waals surface area contributed by atoms with E-state index < -0.39 is 7.75 Å². The number of para-hydroxylation sites is 3. The second-order valence-corrected chi connectivity index (χ2v) is 8.09. The lowest BCUT2D eigenvalue weighted by Crippen LogP contribution is -2.15. The third-order valence-electron chi connectivity index (χ3n) is 4.23. The fourth-order valence-corrected chi connectivity index (χ4v) is 4.13. The molecule has 0 unspecified atom stereocenters. The maximum absolute atomic E-state index is 13.9. The van der Waals surface area contributed by atoms with E-state index >= 15 is 0 Å². The van der Waals surface area contributed by atoms with E-state index in [9.17, 15) is 4.57 Å². The molecule has 0 spiro atoms. The van der Waals surface area contributed by atoms with Crippen LogP contribution in [-0.4, -0.2) is 5.84 Å². The summed E-state index contributed by atoms with van der Waals surface area (Å²) in [5.41, 5.74) is 1.55. The molecule has 154 valence electrons. The van der Waals surface area contributed by atoms with E-state index in [1.165, 1.54) is 0 Å². The van der Waals surface area contributed by atoms with Gasteiger partial charge < -0.3 is 14.4 Å². The fourth-order valence-electron chi connectivity index (χ4n) is 2.82. The quantitative estimate of drug-likeness (QED) is 0.200. The summed E-state index contributed by atoms with van der Waals surface area (Å²) in [5, 5.41) is 3.24. The molecule has 0 fully saturated rings. The van der Waals surface area contributed by atoms with Gasteiger partial charge in [0.15, 0.2) is 0 Å². The average Bonchev–Trinajstić information content (AvgIpc) is 2.81. The summed E-state index contributed by atoms with van der Waals surface area (Å²) in [7, 11) is -4.00. The predicted molar refractivity (Wildman–Crippen MR) is 125 cm³/mol. The third-order valence-corrected chi connectivity index (χ3v) is 5.56. The van der Waals surface area contributed by atoms with E-state index in [0.717, 1.165) is 11.3 Å². The summed E-state index contributed by atoms with van der Waals surface area (Å²) in [5.74, 6) is 1.18. The first-order valence-corrected chi connectivity index (χ1v) is 11.3. The maximum Gasteiger partial charge on any atom is 0.565 e. The molecule has 4 aromatic carbocycles. The highest BCUT2D eigenvalue weighted by atomic mass is 31.2.